The van der Waals surface area contributed by atoms with Crippen LogP contribution < -0.4 is 11.3 Å². The van der Waals surface area contributed by atoms with E-state index in [-0.39, 0.29) is 29.0 Å². The number of nitrogens with one attached hydrogen (secondary N) is 1. The average molecular weight is 544 g/mol. The first kappa shape index (κ1) is 30.9. The third-order valence-corrected chi connectivity index (χ3v) is 7.85. The van der Waals surface area contributed by atoms with Crippen molar-refractivity contribution < 1.29 is 14.9 Å². The van der Waals surface area contributed by atoms with Gasteiger partial charge in [-0.25, -0.2) is 4.98 Å². The van der Waals surface area contributed by atoms with Crippen LogP contribution in [0.15, 0.2) is 35.6 Å². The van der Waals surface area contributed by atoms with E-state index in [0.29, 0.717) is 18.7 Å². The van der Waals surface area contributed by atoms with Crippen molar-refractivity contribution in [3.63, 3.8) is 0 Å². The number of aliphatic hydroxyl groups excluding tert-OH is 1. The van der Waals surface area contributed by atoms with Gasteiger partial charge in [0.1, 0.15) is 5.76 Å². The molecular formula is C30H49N5O4. The van der Waals surface area contributed by atoms with Crippen LogP contribution in [0, 0.1) is 5.92 Å². The minimum atomic E-state index is -0.454. The molecule has 39 heavy (non-hydrogen) atoms. The minimum Gasteiger partial charge on any atom is -0.392 e. The van der Waals surface area contributed by atoms with Crippen LogP contribution in [-0.2, 0) is 9.78 Å². The zero-order valence-electron chi connectivity index (χ0n) is 23.8. The average Bonchev–Trinajstić information content (AvgIpc) is 3.44. The lowest BCUT2D eigenvalue weighted by molar-refractivity contribution is -0.264. The van der Waals surface area contributed by atoms with Gasteiger partial charge in [0.2, 0.25) is 5.95 Å². The highest BCUT2D eigenvalue weighted by Crippen LogP contribution is 2.42. The highest BCUT2D eigenvalue weighted by molar-refractivity contribution is 5.71. The molecule has 1 saturated carbocycles. The van der Waals surface area contributed by atoms with Crippen LogP contribution >= 0.6 is 0 Å². The Morgan fingerprint density at radius 3 is 2.51 bits per heavy atom. The standard InChI is InChI=1S/C30H49N5O4/c1-4-5-6-7-13-16-19-38-39-22(2)17-14-11-9-8-10-12-15-18-24-23(3)25(20-26(24)36)35-21-32-27-28(35)33-30(31)34-29(27)37/h21,24-26,36H,2-20H2,1H3,(H3,31,33,34,37)/t24-,25-,26-/m0/s1. The Hall–Kier alpha value is -2.65. The predicted octanol–water partition coefficient (Wildman–Crippen LogP) is 6.51. The van der Waals surface area contributed by atoms with E-state index in [1.807, 2.05) is 4.57 Å². The van der Waals surface area contributed by atoms with Crippen molar-refractivity contribution in [3.8, 4) is 0 Å². The largest absolute Gasteiger partial charge is 0.392 e. The molecule has 3 rings (SSSR count). The first-order valence-corrected chi connectivity index (χ1v) is 15.0. The molecule has 1 fully saturated rings. The van der Waals surface area contributed by atoms with Gasteiger partial charge in [-0.2, -0.15) is 9.87 Å². The Balaban J connectivity index is 1.22. The molecule has 9 nitrogen and oxygen atoms in total. The molecule has 3 atom stereocenters. The summed E-state index contributed by atoms with van der Waals surface area (Å²) in [5, 5.41) is 10.7. The van der Waals surface area contributed by atoms with Crippen molar-refractivity contribution in [2.45, 2.75) is 122 Å². The first-order valence-electron chi connectivity index (χ1n) is 15.0. The number of hydrogen-bond donors (Lipinski definition) is 3. The number of H-pyrrole nitrogens is 1. The topological polar surface area (TPSA) is 128 Å². The number of imidazole rings is 1. The van der Waals surface area contributed by atoms with Gasteiger partial charge < -0.3 is 20.3 Å². The van der Waals surface area contributed by atoms with Gasteiger partial charge in [-0.1, -0.05) is 90.7 Å². The molecule has 1 aliphatic rings. The molecule has 0 aliphatic heterocycles. The molecular weight excluding hydrogens is 494 g/mol. The van der Waals surface area contributed by atoms with Crippen LogP contribution in [-0.4, -0.2) is 37.3 Å². The number of nitrogens with zero attached hydrogens (tertiary/aromatic N) is 3. The smallest absolute Gasteiger partial charge is 0.280 e. The lowest BCUT2D eigenvalue weighted by atomic mass is 9.94. The second-order valence-electron chi connectivity index (χ2n) is 11.0. The molecule has 0 spiro atoms. The molecule has 218 valence electrons. The van der Waals surface area contributed by atoms with Gasteiger partial charge >= 0.3 is 0 Å². The maximum atomic E-state index is 12.1. The van der Waals surface area contributed by atoms with E-state index in [1.54, 1.807) is 6.33 Å². The Morgan fingerprint density at radius 2 is 1.77 bits per heavy atom. The summed E-state index contributed by atoms with van der Waals surface area (Å²) in [6, 6.07) is -0.136. The van der Waals surface area contributed by atoms with Gasteiger partial charge in [0.15, 0.2) is 11.2 Å². The van der Waals surface area contributed by atoms with Gasteiger partial charge in [-0.05, 0) is 31.3 Å². The summed E-state index contributed by atoms with van der Waals surface area (Å²) in [6.07, 6.45) is 18.9. The Kier molecular flexibility index (Phi) is 13.0. The van der Waals surface area contributed by atoms with Gasteiger partial charge in [0, 0.05) is 12.3 Å². The van der Waals surface area contributed by atoms with Gasteiger partial charge in [-0.15, -0.1) is 0 Å². The van der Waals surface area contributed by atoms with E-state index in [0.717, 1.165) is 49.9 Å². The zero-order valence-corrected chi connectivity index (χ0v) is 23.8. The fraction of sp³-hybridized carbons (Fsp3) is 0.700. The van der Waals surface area contributed by atoms with Crippen molar-refractivity contribution >= 4 is 17.1 Å². The molecule has 0 aromatic carbocycles. The first-order chi connectivity index (χ1) is 18.9. The molecule has 0 amide bonds. The van der Waals surface area contributed by atoms with Crippen LogP contribution in [0.2, 0.25) is 0 Å². The molecule has 0 unspecified atom stereocenters. The Bertz CT molecular complexity index is 1090. The van der Waals surface area contributed by atoms with Gasteiger partial charge in [0.05, 0.1) is 25.1 Å². The van der Waals surface area contributed by atoms with E-state index < -0.39 is 6.10 Å². The monoisotopic (exact) mass is 543 g/mol. The number of aromatic nitrogens is 4. The summed E-state index contributed by atoms with van der Waals surface area (Å²) in [4.78, 5) is 33.6. The number of anilines is 1. The molecule has 2 aromatic heterocycles. The number of nitrogens with two attached hydrogens (primary N) is 1. The van der Waals surface area contributed by atoms with Crippen LogP contribution in [0.1, 0.15) is 116 Å². The third-order valence-electron chi connectivity index (χ3n) is 7.85. The molecule has 2 heterocycles. The fourth-order valence-electron chi connectivity index (χ4n) is 5.56. The molecule has 0 saturated heterocycles. The number of hydrogen-bond acceptors (Lipinski definition) is 7. The van der Waals surface area contributed by atoms with Crippen LogP contribution in [0.5, 0.6) is 0 Å². The van der Waals surface area contributed by atoms with E-state index in [4.69, 9.17) is 15.5 Å². The van der Waals surface area contributed by atoms with Crippen LogP contribution in [0.25, 0.3) is 11.2 Å². The van der Waals surface area contributed by atoms with Crippen LogP contribution in [0.3, 0.4) is 0 Å². The number of aromatic amines is 1. The van der Waals surface area contributed by atoms with E-state index in [2.05, 4.69) is 35.0 Å². The number of nitrogen functional groups attached to an aromatic ring is 1. The van der Waals surface area contributed by atoms with Crippen molar-refractivity contribution in [2.24, 2.45) is 5.92 Å². The van der Waals surface area contributed by atoms with E-state index in [9.17, 15) is 9.90 Å². The molecule has 1 aliphatic carbocycles. The molecule has 9 heteroatoms. The highest BCUT2D eigenvalue weighted by atomic mass is 17.2. The van der Waals surface area contributed by atoms with Gasteiger partial charge in [0.25, 0.3) is 5.56 Å². The summed E-state index contributed by atoms with van der Waals surface area (Å²) in [5.41, 5.74) is 7.04. The van der Waals surface area contributed by atoms with E-state index in [1.165, 1.54) is 57.8 Å². The normalized spacial score (nSPS) is 19.2. The Morgan fingerprint density at radius 1 is 1.10 bits per heavy atom. The molecule has 2 aromatic rings. The second kappa shape index (κ2) is 16.5. The van der Waals surface area contributed by atoms with Gasteiger partial charge in [-0.3, -0.25) is 9.78 Å². The predicted molar refractivity (Wildman–Crippen MR) is 156 cm³/mol. The highest BCUT2D eigenvalue weighted by Gasteiger charge is 2.37. The number of fused-ring (bicyclic) bond motifs is 1. The second-order valence-corrected chi connectivity index (χ2v) is 11.0. The van der Waals surface area contributed by atoms with E-state index >= 15 is 0 Å². The third kappa shape index (κ3) is 9.49. The maximum Gasteiger partial charge on any atom is 0.280 e. The fourth-order valence-corrected chi connectivity index (χ4v) is 5.56. The number of unbranched alkanes of at least 4 members (excludes halogenated alkanes) is 11. The maximum absolute atomic E-state index is 12.1. The summed E-state index contributed by atoms with van der Waals surface area (Å²) < 4.78 is 1.83. The summed E-state index contributed by atoms with van der Waals surface area (Å²) >= 11 is 0. The van der Waals surface area contributed by atoms with Crippen molar-refractivity contribution in [1.82, 2.24) is 19.5 Å². The van der Waals surface area contributed by atoms with Crippen LogP contribution in [0.4, 0.5) is 5.95 Å². The number of allylic oxidation sites excluding steroid dienone is 1. The summed E-state index contributed by atoms with van der Waals surface area (Å²) in [6.45, 7) is 11.1. The molecule has 0 radical (unpaired) electrons. The molecule has 4 N–H and O–H groups in total. The lowest BCUT2D eigenvalue weighted by Crippen LogP contribution is -2.14. The Labute approximate surface area is 232 Å². The minimum absolute atomic E-state index is 0.0427. The molecule has 0 bridgehead atoms. The van der Waals surface area contributed by atoms with Crippen molar-refractivity contribution in [1.29, 1.82) is 0 Å². The lowest BCUT2D eigenvalue weighted by Gasteiger charge is -2.17. The van der Waals surface area contributed by atoms with Crippen molar-refractivity contribution in [3.05, 3.63) is 41.2 Å². The quantitative estimate of drug-likeness (QED) is 0.0570. The SMILES string of the molecule is C=C(CCCCCCCCC[C@H]1C(=C)[C@@H](n2cnc3c(=O)[nH]c(N)nc32)C[C@@H]1O)OOCCCCCCCC. The summed E-state index contributed by atoms with van der Waals surface area (Å²) in [5.74, 6) is 0.825. The number of aliphatic hydroxyl groups is 1. The number of rotatable bonds is 20. The summed E-state index contributed by atoms with van der Waals surface area (Å²) in [7, 11) is 0. The van der Waals surface area contributed by atoms with Crippen molar-refractivity contribution in [2.75, 3.05) is 12.3 Å². The zero-order chi connectivity index (χ0) is 28.0.